The Hall–Kier alpha value is -0.900. The largest absolute Gasteiger partial charge is 0.329 e. The summed E-state index contributed by atoms with van der Waals surface area (Å²) < 4.78 is 0. The van der Waals surface area contributed by atoms with Gasteiger partial charge in [0.2, 0.25) is 0 Å². The van der Waals surface area contributed by atoms with E-state index in [4.69, 9.17) is 5.73 Å². The molecule has 1 heterocycles. The third-order valence-electron chi connectivity index (χ3n) is 4.61. The van der Waals surface area contributed by atoms with Crippen molar-refractivity contribution >= 4 is 0 Å². The van der Waals surface area contributed by atoms with Crippen LogP contribution in [0.25, 0.3) is 0 Å². The van der Waals surface area contributed by atoms with Crippen molar-refractivity contribution in [1.29, 1.82) is 0 Å². The summed E-state index contributed by atoms with van der Waals surface area (Å²) in [4.78, 5) is 5.07. The molecule has 2 atom stereocenters. The molecular weight excluding hydrogens is 246 g/mol. The summed E-state index contributed by atoms with van der Waals surface area (Å²) in [5, 5.41) is 0. The number of rotatable bonds is 7. The van der Waals surface area contributed by atoms with E-state index in [1.54, 1.807) is 0 Å². The van der Waals surface area contributed by atoms with E-state index in [2.05, 4.69) is 54.1 Å². The maximum Gasteiger partial charge on any atom is 0.0256 e. The van der Waals surface area contributed by atoms with Gasteiger partial charge in [0.1, 0.15) is 0 Å². The van der Waals surface area contributed by atoms with Crippen molar-refractivity contribution in [3.05, 3.63) is 35.9 Å². The average Bonchev–Trinajstić information content (AvgIpc) is 2.92. The summed E-state index contributed by atoms with van der Waals surface area (Å²) in [5.74, 6) is 0. The van der Waals surface area contributed by atoms with Crippen LogP contribution >= 0.6 is 0 Å². The quantitative estimate of drug-likeness (QED) is 0.826. The van der Waals surface area contributed by atoms with Crippen LogP contribution in [0.1, 0.15) is 25.3 Å². The highest BCUT2D eigenvalue weighted by molar-refractivity contribution is 5.16. The molecule has 2 N–H and O–H groups in total. The Balaban J connectivity index is 1.90. The summed E-state index contributed by atoms with van der Waals surface area (Å²) in [6, 6.07) is 11.8. The van der Waals surface area contributed by atoms with Gasteiger partial charge in [-0.05, 0) is 45.0 Å². The molecule has 0 saturated carbocycles. The van der Waals surface area contributed by atoms with E-state index < -0.39 is 0 Å². The van der Waals surface area contributed by atoms with Crippen molar-refractivity contribution in [3.8, 4) is 0 Å². The van der Waals surface area contributed by atoms with E-state index in [0.717, 1.165) is 25.6 Å². The summed E-state index contributed by atoms with van der Waals surface area (Å²) in [6.07, 6.45) is 3.73. The second kappa shape index (κ2) is 7.77. The maximum atomic E-state index is 6.01. The predicted octanol–water partition coefficient (Wildman–Crippen LogP) is 1.97. The summed E-state index contributed by atoms with van der Waals surface area (Å²) >= 11 is 0. The van der Waals surface area contributed by atoms with E-state index in [1.165, 1.54) is 31.5 Å². The molecule has 1 fully saturated rings. The maximum absolute atomic E-state index is 6.01. The van der Waals surface area contributed by atoms with E-state index in [-0.39, 0.29) is 0 Å². The van der Waals surface area contributed by atoms with Crippen LogP contribution in [-0.2, 0) is 6.42 Å². The summed E-state index contributed by atoms with van der Waals surface area (Å²) in [6.45, 7) is 6.57. The second-order valence-electron chi connectivity index (χ2n) is 5.94. The van der Waals surface area contributed by atoms with Crippen LogP contribution in [0.5, 0.6) is 0 Å². The molecule has 1 aromatic carbocycles. The predicted molar refractivity (Wildman–Crippen MR) is 85.9 cm³/mol. The Bertz CT molecular complexity index is 379. The summed E-state index contributed by atoms with van der Waals surface area (Å²) in [5.41, 5.74) is 7.39. The Kier molecular flexibility index (Phi) is 6.02. The SMILES string of the molecule is CCN1CCCC1CN(C)C(CN)Cc1ccccc1. The monoisotopic (exact) mass is 275 g/mol. The standard InChI is InChI=1S/C17H29N3/c1-3-20-11-7-10-16(20)14-19(2)17(13-18)12-15-8-5-4-6-9-15/h4-6,8-9,16-17H,3,7,10-14,18H2,1-2H3. The zero-order valence-corrected chi connectivity index (χ0v) is 13.0. The van der Waals surface area contributed by atoms with Gasteiger partial charge in [0.25, 0.3) is 0 Å². The third kappa shape index (κ3) is 4.05. The molecule has 20 heavy (non-hydrogen) atoms. The van der Waals surface area contributed by atoms with Crippen LogP contribution in [0.15, 0.2) is 30.3 Å². The lowest BCUT2D eigenvalue weighted by Gasteiger charge is -2.32. The molecule has 0 spiro atoms. The molecule has 0 aromatic heterocycles. The minimum atomic E-state index is 0.441. The van der Waals surface area contributed by atoms with Gasteiger partial charge < -0.3 is 10.6 Å². The fraction of sp³-hybridized carbons (Fsp3) is 0.647. The lowest BCUT2D eigenvalue weighted by Crippen LogP contribution is -2.46. The van der Waals surface area contributed by atoms with Crippen LogP contribution < -0.4 is 5.73 Å². The molecule has 112 valence electrons. The van der Waals surface area contributed by atoms with Crippen molar-refractivity contribution in [3.63, 3.8) is 0 Å². The number of likely N-dealkylation sites (tertiary alicyclic amines) is 1. The zero-order chi connectivity index (χ0) is 14.4. The highest BCUT2D eigenvalue weighted by Gasteiger charge is 2.26. The first-order valence-electron chi connectivity index (χ1n) is 7.92. The number of nitrogens with zero attached hydrogens (tertiary/aromatic N) is 2. The van der Waals surface area contributed by atoms with Gasteiger partial charge >= 0.3 is 0 Å². The Morgan fingerprint density at radius 3 is 2.75 bits per heavy atom. The smallest absolute Gasteiger partial charge is 0.0256 e. The Morgan fingerprint density at radius 1 is 1.35 bits per heavy atom. The second-order valence-corrected chi connectivity index (χ2v) is 5.94. The highest BCUT2D eigenvalue weighted by atomic mass is 15.2. The normalized spacial score (nSPS) is 21.5. The first-order chi connectivity index (χ1) is 9.74. The molecule has 2 rings (SSSR count). The van der Waals surface area contributed by atoms with Gasteiger partial charge in [-0.25, -0.2) is 0 Å². The third-order valence-corrected chi connectivity index (χ3v) is 4.61. The van der Waals surface area contributed by atoms with Crippen molar-refractivity contribution in [2.45, 2.75) is 38.3 Å². The Morgan fingerprint density at radius 2 is 2.10 bits per heavy atom. The molecule has 3 nitrogen and oxygen atoms in total. The van der Waals surface area contributed by atoms with Crippen LogP contribution in [-0.4, -0.2) is 55.1 Å². The molecule has 0 aliphatic carbocycles. The molecule has 0 radical (unpaired) electrons. The Labute approximate surface area is 123 Å². The molecule has 1 saturated heterocycles. The van der Waals surface area contributed by atoms with Crippen LogP contribution in [0.3, 0.4) is 0 Å². The van der Waals surface area contributed by atoms with E-state index in [9.17, 15) is 0 Å². The van der Waals surface area contributed by atoms with Gasteiger partial charge in [-0.15, -0.1) is 0 Å². The van der Waals surface area contributed by atoms with Gasteiger partial charge in [0, 0.05) is 25.2 Å². The fourth-order valence-electron chi connectivity index (χ4n) is 3.31. The molecule has 1 aromatic rings. The minimum absolute atomic E-state index is 0.441. The van der Waals surface area contributed by atoms with Crippen LogP contribution in [0.4, 0.5) is 0 Å². The van der Waals surface area contributed by atoms with Gasteiger partial charge in [-0.3, -0.25) is 4.90 Å². The zero-order valence-electron chi connectivity index (χ0n) is 13.0. The fourth-order valence-corrected chi connectivity index (χ4v) is 3.31. The van der Waals surface area contributed by atoms with Crippen molar-refractivity contribution in [2.24, 2.45) is 5.73 Å². The van der Waals surface area contributed by atoms with Gasteiger partial charge in [0.15, 0.2) is 0 Å². The van der Waals surface area contributed by atoms with Crippen molar-refractivity contribution in [2.75, 3.05) is 33.2 Å². The van der Waals surface area contributed by atoms with Gasteiger partial charge in [-0.2, -0.15) is 0 Å². The molecule has 1 aliphatic heterocycles. The number of nitrogens with two attached hydrogens (primary N) is 1. The summed E-state index contributed by atoms with van der Waals surface area (Å²) in [7, 11) is 2.23. The lowest BCUT2D eigenvalue weighted by molar-refractivity contribution is 0.164. The first-order valence-corrected chi connectivity index (χ1v) is 7.92. The molecule has 2 unspecified atom stereocenters. The van der Waals surface area contributed by atoms with Crippen molar-refractivity contribution in [1.82, 2.24) is 9.80 Å². The van der Waals surface area contributed by atoms with Gasteiger partial charge in [0.05, 0.1) is 0 Å². The highest BCUT2D eigenvalue weighted by Crippen LogP contribution is 2.18. The average molecular weight is 275 g/mol. The number of benzene rings is 1. The minimum Gasteiger partial charge on any atom is -0.329 e. The molecule has 1 aliphatic rings. The molecular formula is C17H29N3. The first kappa shape index (κ1) is 15.5. The van der Waals surface area contributed by atoms with Crippen LogP contribution in [0, 0.1) is 0 Å². The van der Waals surface area contributed by atoms with E-state index in [0.29, 0.717) is 6.04 Å². The van der Waals surface area contributed by atoms with E-state index >= 15 is 0 Å². The molecule has 0 bridgehead atoms. The number of hydrogen-bond donors (Lipinski definition) is 1. The van der Waals surface area contributed by atoms with Crippen molar-refractivity contribution < 1.29 is 0 Å². The number of hydrogen-bond acceptors (Lipinski definition) is 3. The molecule has 3 heteroatoms. The lowest BCUT2D eigenvalue weighted by atomic mass is 10.0. The molecule has 0 amide bonds. The van der Waals surface area contributed by atoms with E-state index in [1.807, 2.05) is 0 Å². The van der Waals surface area contributed by atoms with Crippen LogP contribution in [0.2, 0.25) is 0 Å². The topological polar surface area (TPSA) is 32.5 Å². The number of likely N-dealkylation sites (N-methyl/N-ethyl adjacent to an activating group) is 2. The van der Waals surface area contributed by atoms with Gasteiger partial charge in [-0.1, -0.05) is 37.3 Å².